The van der Waals surface area contributed by atoms with E-state index >= 15 is 0 Å². The topological polar surface area (TPSA) is 142 Å². The lowest BCUT2D eigenvalue weighted by molar-refractivity contribution is -0.140. The molecule has 1 heterocycles. The largest absolute Gasteiger partial charge is 0.381 e. The molecule has 9 nitrogen and oxygen atoms in total. The maximum Gasteiger partial charge on any atom is 0.248 e. The van der Waals surface area contributed by atoms with Crippen molar-refractivity contribution < 1.29 is 24.3 Å². The average molecular weight is 499 g/mol. The maximum absolute atomic E-state index is 12.7. The van der Waals surface area contributed by atoms with Crippen LogP contribution in [-0.2, 0) is 19.2 Å². The van der Waals surface area contributed by atoms with E-state index < -0.39 is 24.1 Å². The molecule has 204 valence electrons. The Balaban J connectivity index is 0.00000129. The molecule has 0 bridgehead atoms. The predicted molar refractivity (Wildman–Crippen MR) is 138 cm³/mol. The summed E-state index contributed by atoms with van der Waals surface area (Å²) >= 11 is 0. The van der Waals surface area contributed by atoms with Gasteiger partial charge in [0.05, 0.1) is 12.6 Å². The van der Waals surface area contributed by atoms with Gasteiger partial charge in [0.25, 0.3) is 0 Å². The SMILES string of the molecule is CC.CCC.CCC.NC(=O)C(O)C(CC1CC1)NC(=O)C1CCCN1C(=O)CNC(=O)C1CC1. The Kier molecular flexibility index (Phi) is 17.0. The van der Waals surface area contributed by atoms with Gasteiger partial charge < -0.3 is 26.4 Å². The second-order valence-electron chi connectivity index (χ2n) is 9.29. The van der Waals surface area contributed by atoms with Gasteiger partial charge in [-0.05, 0) is 38.0 Å². The van der Waals surface area contributed by atoms with Gasteiger partial charge in [-0.2, -0.15) is 0 Å². The van der Waals surface area contributed by atoms with E-state index in [1.807, 2.05) is 13.8 Å². The number of hydrogen-bond acceptors (Lipinski definition) is 5. The first-order valence-corrected chi connectivity index (χ1v) is 13.5. The Bertz CT molecular complexity index is 648. The number of likely N-dealkylation sites (tertiary alicyclic amines) is 1. The van der Waals surface area contributed by atoms with Crippen LogP contribution in [0.4, 0.5) is 0 Å². The number of hydrogen-bond donors (Lipinski definition) is 4. The van der Waals surface area contributed by atoms with Crippen LogP contribution in [0, 0.1) is 11.8 Å². The molecule has 3 atom stereocenters. The molecule has 0 spiro atoms. The van der Waals surface area contributed by atoms with E-state index in [0.29, 0.717) is 31.7 Å². The highest BCUT2D eigenvalue weighted by Crippen LogP contribution is 2.34. The molecule has 35 heavy (non-hydrogen) atoms. The molecule has 0 radical (unpaired) electrons. The van der Waals surface area contributed by atoms with Crippen molar-refractivity contribution in [1.29, 1.82) is 0 Å². The van der Waals surface area contributed by atoms with Crippen molar-refractivity contribution in [2.24, 2.45) is 17.6 Å². The van der Waals surface area contributed by atoms with Crippen LogP contribution < -0.4 is 16.4 Å². The molecule has 3 aliphatic rings. The van der Waals surface area contributed by atoms with Crippen LogP contribution in [0.1, 0.15) is 99.3 Å². The highest BCUT2D eigenvalue weighted by Gasteiger charge is 2.38. The fraction of sp³-hybridized carbons (Fsp3) is 0.846. The van der Waals surface area contributed by atoms with E-state index in [-0.39, 0.29) is 30.2 Å². The molecule has 9 heteroatoms. The molecule has 4 amide bonds. The number of primary amides is 1. The van der Waals surface area contributed by atoms with Gasteiger partial charge in [-0.3, -0.25) is 19.2 Å². The third kappa shape index (κ3) is 12.9. The summed E-state index contributed by atoms with van der Waals surface area (Å²) in [6, 6.07) is -1.40. The van der Waals surface area contributed by atoms with Gasteiger partial charge in [-0.15, -0.1) is 0 Å². The summed E-state index contributed by atoms with van der Waals surface area (Å²) in [6.07, 6.45) is 6.48. The Morgan fingerprint density at radius 3 is 1.94 bits per heavy atom. The van der Waals surface area contributed by atoms with Crippen LogP contribution in [0.25, 0.3) is 0 Å². The van der Waals surface area contributed by atoms with E-state index in [4.69, 9.17) is 5.73 Å². The van der Waals surface area contributed by atoms with Gasteiger partial charge in [0.15, 0.2) is 6.10 Å². The fourth-order valence-corrected chi connectivity index (χ4v) is 3.55. The minimum atomic E-state index is -1.45. The summed E-state index contributed by atoms with van der Waals surface area (Å²) in [6.45, 7) is 12.8. The quantitative estimate of drug-likeness (QED) is 0.386. The number of nitrogens with one attached hydrogen (secondary N) is 2. The standard InChI is InChI=1S/C18H28N4O5.2C3H8.C2H6/c19-16(25)15(24)12(8-10-3-4-10)21-18(27)13-2-1-7-22(13)14(23)9-20-17(26)11-5-6-11;2*1-3-2;1-2/h10-13,15,24H,1-9H2,(H2,19,25)(H,20,26)(H,21,27);2*3H2,1-2H3;1-2H3. The zero-order valence-electron chi connectivity index (χ0n) is 22.8. The third-order valence-corrected chi connectivity index (χ3v) is 5.52. The summed E-state index contributed by atoms with van der Waals surface area (Å²) in [7, 11) is 0. The first kappa shape index (κ1) is 32.8. The molecule has 2 aliphatic carbocycles. The smallest absolute Gasteiger partial charge is 0.248 e. The number of nitrogens with two attached hydrogens (primary N) is 1. The van der Waals surface area contributed by atoms with Crippen molar-refractivity contribution in [2.45, 2.75) is 118 Å². The van der Waals surface area contributed by atoms with Crippen LogP contribution in [0.5, 0.6) is 0 Å². The molecule has 0 aromatic heterocycles. The second-order valence-corrected chi connectivity index (χ2v) is 9.29. The Labute approximate surface area is 212 Å². The first-order chi connectivity index (χ1) is 16.7. The minimum Gasteiger partial charge on any atom is -0.381 e. The van der Waals surface area contributed by atoms with Crippen molar-refractivity contribution >= 4 is 23.6 Å². The third-order valence-electron chi connectivity index (χ3n) is 5.52. The van der Waals surface area contributed by atoms with Gasteiger partial charge in [-0.25, -0.2) is 0 Å². The predicted octanol–water partition coefficient (Wildman–Crippen LogP) is 2.49. The monoisotopic (exact) mass is 498 g/mol. The van der Waals surface area contributed by atoms with Crippen molar-refractivity contribution in [3.05, 3.63) is 0 Å². The molecule has 5 N–H and O–H groups in total. The van der Waals surface area contributed by atoms with E-state index in [0.717, 1.165) is 25.7 Å². The molecule has 0 aromatic carbocycles. The van der Waals surface area contributed by atoms with Gasteiger partial charge in [0.2, 0.25) is 23.6 Å². The van der Waals surface area contributed by atoms with Gasteiger partial charge in [0.1, 0.15) is 6.04 Å². The lowest BCUT2D eigenvalue weighted by Crippen LogP contribution is -2.55. The number of amides is 4. The molecule has 0 aromatic rings. The normalized spacial score (nSPS) is 19.9. The number of aliphatic hydroxyl groups is 1. The number of rotatable bonds is 9. The molecule has 3 fully saturated rings. The van der Waals surface area contributed by atoms with Gasteiger partial charge >= 0.3 is 0 Å². The average Bonchev–Trinajstić information content (AvgIpc) is 3.77. The molecule has 3 unspecified atom stereocenters. The number of carbonyl (C=O) groups excluding carboxylic acids is 4. The summed E-state index contributed by atoms with van der Waals surface area (Å²) in [5, 5.41) is 15.4. The lowest BCUT2D eigenvalue weighted by atomic mass is 10.0. The van der Waals surface area contributed by atoms with Gasteiger partial charge in [0, 0.05) is 12.5 Å². The molecular weight excluding hydrogens is 448 g/mol. The van der Waals surface area contributed by atoms with Crippen LogP contribution >= 0.6 is 0 Å². The van der Waals surface area contributed by atoms with Crippen LogP contribution in [0.3, 0.4) is 0 Å². The second kappa shape index (κ2) is 18.2. The summed E-state index contributed by atoms with van der Waals surface area (Å²) in [5.74, 6) is -1.27. The Hall–Kier alpha value is -2.16. The molecule has 1 saturated heterocycles. The van der Waals surface area contributed by atoms with Crippen molar-refractivity contribution in [2.75, 3.05) is 13.1 Å². The zero-order valence-corrected chi connectivity index (χ0v) is 22.8. The van der Waals surface area contributed by atoms with E-state index in [1.54, 1.807) is 0 Å². The molecule has 1 aliphatic heterocycles. The van der Waals surface area contributed by atoms with Crippen LogP contribution in [0.2, 0.25) is 0 Å². The van der Waals surface area contributed by atoms with Crippen LogP contribution in [0.15, 0.2) is 0 Å². The van der Waals surface area contributed by atoms with E-state index in [1.165, 1.54) is 17.7 Å². The first-order valence-electron chi connectivity index (χ1n) is 13.5. The van der Waals surface area contributed by atoms with E-state index in [9.17, 15) is 24.3 Å². The van der Waals surface area contributed by atoms with Gasteiger partial charge in [-0.1, -0.05) is 67.2 Å². The molecule has 2 saturated carbocycles. The molecule has 3 rings (SSSR count). The number of nitrogens with zero attached hydrogens (tertiary/aromatic N) is 1. The highest BCUT2D eigenvalue weighted by molar-refractivity contribution is 5.91. The van der Waals surface area contributed by atoms with E-state index in [2.05, 4.69) is 38.3 Å². The van der Waals surface area contributed by atoms with Crippen molar-refractivity contribution in [3.63, 3.8) is 0 Å². The summed E-state index contributed by atoms with van der Waals surface area (Å²) < 4.78 is 0. The number of carbonyl (C=O) groups is 4. The lowest BCUT2D eigenvalue weighted by Gasteiger charge is -2.28. The fourth-order valence-electron chi connectivity index (χ4n) is 3.55. The Morgan fingerprint density at radius 2 is 1.49 bits per heavy atom. The van der Waals surface area contributed by atoms with Crippen molar-refractivity contribution in [1.82, 2.24) is 15.5 Å². The van der Waals surface area contributed by atoms with Crippen LogP contribution in [-0.4, -0.2) is 64.9 Å². The summed E-state index contributed by atoms with van der Waals surface area (Å²) in [5.41, 5.74) is 5.19. The maximum atomic E-state index is 12.7. The Morgan fingerprint density at radius 1 is 0.943 bits per heavy atom. The highest BCUT2D eigenvalue weighted by atomic mass is 16.3. The summed E-state index contributed by atoms with van der Waals surface area (Å²) in [4.78, 5) is 49.6. The minimum absolute atomic E-state index is 0.0222. The number of aliphatic hydroxyl groups excluding tert-OH is 1. The molecular formula is C26H50N4O5. The zero-order chi connectivity index (χ0) is 27.0. The van der Waals surface area contributed by atoms with Crippen molar-refractivity contribution in [3.8, 4) is 0 Å².